The fourth-order valence-electron chi connectivity index (χ4n) is 2.84. The van der Waals surface area contributed by atoms with E-state index in [0.717, 1.165) is 35.8 Å². The molecule has 1 aliphatic rings. The third-order valence-corrected chi connectivity index (χ3v) is 5.41. The zero-order chi connectivity index (χ0) is 16.6. The van der Waals surface area contributed by atoms with Crippen molar-refractivity contribution in [1.82, 2.24) is 4.98 Å². The molecule has 0 unspecified atom stereocenters. The molecule has 3 rings (SSSR count). The summed E-state index contributed by atoms with van der Waals surface area (Å²) in [7, 11) is 1.65. The molecule has 0 radical (unpaired) electrons. The van der Waals surface area contributed by atoms with Gasteiger partial charge < -0.3 is 9.64 Å². The van der Waals surface area contributed by atoms with E-state index < -0.39 is 0 Å². The van der Waals surface area contributed by atoms with Crippen LogP contribution in [0.15, 0.2) is 24.4 Å². The summed E-state index contributed by atoms with van der Waals surface area (Å²) in [6.45, 7) is 7.05. The Hall–Kier alpha value is -1.88. The minimum Gasteiger partial charge on any atom is -0.495 e. The van der Waals surface area contributed by atoms with Crippen LogP contribution in [0.2, 0.25) is 0 Å². The van der Waals surface area contributed by atoms with Gasteiger partial charge in [-0.2, -0.15) is 0 Å². The molecule has 1 aromatic heterocycles. The first kappa shape index (κ1) is 16.0. The average Bonchev–Trinajstić information content (AvgIpc) is 3.03. The number of methoxy groups -OCH3 is 1. The summed E-state index contributed by atoms with van der Waals surface area (Å²) in [5, 5.41) is 0.984. The quantitative estimate of drug-likeness (QED) is 0.834. The van der Waals surface area contributed by atoms with Crippen molar-refractivity contribution >= 4 is 22.9 Å². The minimum absolute atomic E-state index is 0.0171. The lowest BCUT2D eigenvalue weighted by Gasteiger charge is -2.30. The fraction of sp³-hybridized carbons (Fsp3) is 0.444. The molecule has 2 aromatic rings. The van der Waals surface area contributed by atoms with Crippen LogP contribution < -0.4 is 9.64 Å². The predicted molar refractivity (Wildman–Crippen MR) is 93.8 cm³/mol. The molecular weight excluding hydrogens is 308 g/mol. The molecule has 5 heteroatoms. The number of benzene rings is 1. The van der Waals surface area contributed by atoms with Gasteiger partial charge in [-0.25, -0.2) is 4.98 Å². The number of carbonyl (C=O) groups excluding carboxylic acids is 1. The topological polar surface area (TPSA) is 42.4 Å². The van der Waals surface area contributed by atoms with Crippen molar-refractivity contribution in [3.8, 4) is 5.75 Å². The molecule has 0 saturated heterocycles. The van der Waals surface area contributed by atoms with Crippen LogP contribution in [-0.4, -0.2) is 24.5 Å². The summed E-state index contributed by atoms with van der Waals surface area (Å²) in [5.74, 6) is 0.777. The summed E-state index contributed by atoms with van der Waals surface area (Å²) in [6, 6.07) is 5.97. The molecular formula is C18H22N2O2S. The molecule has 4 nitrogen and oxygen atoms in total. The van der Waals surface area contributed by atoms with Crippen LogP contribution in [0.4, 0.5) is 5.69 Å². The van der Waals surface area contributed by atoms with Crippen molar-refractivity contribution < 1.29 is 9.53 Å². The van der Waals surface area contributed by atoms with Gasteiger partial charge in [0.05, 0.1) is 24.0 Å². The van der Waals surface area contributed by atoms with Crippen molar-refractivity contribution in [2.45, 2.75) is 39.0 Å². The van der Waals surface area contributed by atoms with Gasteiger partial charge in [-0.3, -0.25) is 4.79 Å². The van der Waals surface area contributed by atoms with Crippen LogP contribution in [-0.2, 0) is 11.8 Å². The van der Waals surface area contributed by atoms with E-state index in [1.165, 1.54) is 16.9 Å². The molecule has 1 aromatic carbocycles. The van der Waals surface area contributed by atoms with Crippen LogP contribution in [0.3, 0.4) is 0 Å². The summed E-state index contributed by atoms with van der Waals surface area (Å²) in [5.41, 5.74) is 2.04. The van der Waals surface area contributed by atoms with Crippen LogP contribution in [0.5, 0.6) is 5.75 Å². The smallest absolute Gasteiger partial charge is 0.270 e. The van der Waals surface area contributed by atoms with E-state index >= 15 is 0 Å². The Bertz CT molecular complexity index is 717. The van der Waals surface area contributed by atoms with Gasteiger partial charge >= 0.3 is 0 Å². The molecule has 0 aliphatic carbocycles. The number of nitrogens with zero attached hydrogens (tertiary/aromatic N) is 2. The number of aryl methyl sites for hydroxylation is 1. The number of para-hydroxylation sites is 1. The maximum absolute atomic E-state index is 13.0. The maximum atomic E-state index is 13.0. The summed E-state index contributed by atoms with van der Waals surface area (Å²) in [6.07, 6.45) is 3.65. The van der Waals surface area contributed by atoms with Crippen LogP contribution in [0.1, 0.15) is 47.4 Å². The third-order valence-electron chi connectivity index (χ3n) is 4.00. The molecule has 0 N–H and O–H groups in total. The van der Waals surface area contributed by atoms with E-state index in [0.29, 0.717) is 4.88 Å². The highest BCUT2D eigenvalue weighted by Gasteiger charge is 2.29. The van der Waals surface area contributed by atoms with Gasteiger partial charge in [0.1, 0.15) is 10.6 Å². The van der Waals surface area contributed by atoms with Gasteiger partial charge in [-0.05, 0) is 24.5 Å². The zero-order valence-corrected chi connectivity index (χ0v) is 14.9. The van der Waals surface area contributed by atoms with Crippen LogP contribution >= 0.6 is 11.3 Å². The Morgan fingerprint density at radius 2 is 2.13 bits per heavy atom. The lowest BCUT2D eigenvalue weighted by atomic mass is 9.98. The molecule has 0 fully saturated rings. The fourth-order valence-corrected chi connectivity index (χ4v) is 3.76. The van der Waals surface area contributed by atoms with Crippen LogP contribution in [0.25, 0.3) is 0 Å². The van der Waals surface area contributed by atoms with Gasteiger partial charge in [-0.15, -0.1) is 11.3 Å². The number of aromatic nitrogens is 1. The second-order valence-electron chi connectivity index (χ2n) is 6.81. The Labute approximate surface area is 141 Å². The van der Waals surface area contributed by atoms with E-state index in [-0.39, 0.29) is 11.3 Å². The maximum Gasteiger partial charge on any atom is 0.270 e. The number of amides is 1. The van der Waals surface area contributed by atoms with Gasteiger partial charge in [0, 0.05) is 12.0 Å². The number of hydrogen-bond acceptors (Lipinski definition) is 4. The number of carbonyl (C=O) groups is 1. The number of thiazole rings is 1. The highest BCUT2D eigenvalue weighted by Crippen LogP contribution is 2.37. The van der Waals surface area contributed by atoms with Gasteiger partial charge in [0.25, 0.3) is 5.91 Å². The second-order valence-corrected chi connectivity index (χ2v) is 7.84. The molecule has 2 heterocycles. The average molecular weight is 330 g/mol. The van der Waals surface area contributed by atoms with Crippen molar-refractivity contribution in [2.75, 3.05) is 18.6 Å². The van der Waals surface area contributed by atoms with Crippen molar-refractivity contribution in [2.24, 2.45) is 0 Å². The Balaban J connectivity index is 1.98. The van der Waals surface area contributed by atoms with Crippen molar-refractivity contribution in [1.29, 1.82) is 0 Å². The number of hydrogen-bond donors (Lipinski definition) is 0. The van der Waals surface area contributed by atoms with Gasteiger partial charge in [0.15, 0.2) is 0 Å². The molecule has 1 aliphatic heterocycles. The Morgan fingerprint density at radius 3 is 2.78 bits per heavy atom. The van der Waals surface area contributed by atoms with Gasteiger partial charge in [0.2, 0.25) is 0 Å². The number of rotatable bonds is 2. The molecule has 0 atom stereocenters. The number of fused-ring (bicyclic) bond motifs is 1. The standard InChI is InChI=1S/C18H22N2O2S/c1-18(2,3)17-19-11-14(23-17)16(21)20-10-6-8-12-7-5-9-13(22-4)15(12)20/h5,7,9,11H,6,8,10H2,1-4H3. The van der Waals surface area contributed by atoms with Crippen molar-refractivity contribution in [3.63, 3.8) is 0 Å². The summed E-state index contributed by atoms with van der Waals surface area (Å²) >= 11 is 1.49. The summed E-state index contributed by atoms with van der Waals surface area (Å²) in [4.78, 5) is 20.0. The van der Waals surface area contributed by atoms with E-state index in [2.05, 4.69) is 31.8 Å². The first-order chi connectivity index (χ1) is 10.9. The van der Waals surface area contributed by atoms with Crippen molar-refractivity contribution in [3.05, 3.63) is 39.8 Å². The molecule has 1 amide bonds. The predicted octanol–water partition coefficient (Wildman–Crippen LogP) is 4.04. The number of ether oxygens (including phenoxy) is 1. The lowest BCUT2D eigenvalue weighted by molar-refractivity contribution is 0.0988. The second kappa shape index (κ2) is 5.96. The Morgan fingerprint density at radius 1 is 1.35 bits per heavy atom. The summed E-state index contributed by atoms with van der Waals surface area (Å²) < 4.78 is 5.48. The molecule has 23 heavy (non-hydrogen) atoms. The first-order valence-corrected chi connectivity index (χ1v) is 8.67. The first-order valence-electron chi connectivity index (χ1n) is 7.86. The highest BCUT2D eigenvalue weighted by atomic mass is 32.1. The van der Waals surface area contributed by atoms with E-state index in [1.54, 1.807) is 13.3 Å². The largest absolute Gasteiger partial charge is 0.495 e. The van der Waals surface area contributed by atoms with Crippen LogP contribution in [0, 0.1) is 0 Å². The molecule has 0 bridgehead atoms. The third kappa shape index (κ3) is 2.98. The lowest BCUT2D eigenvalue weighted by Crippen LogP contribution is -2.35. The Kier molecular flexibility index (Phi) is 4.15. The normalized spacial score (nSPS) is 14.5. The highest BCUT2D eigenvalue weighted by molar-refractivity contribution is 7.13. The molecule has 0 spiro atoms. The van der Waals surface area contributed by atoms with E-state index in [4.69, 9.17) is 4.74 Å². The zero-order valence-electron chi connectivity index (χ0n) is 14.0. The van der Waals surface area contributed by atoms with E-state index in [9.17, 15) is 4.79 Å². The van der Waals surface area contributed by atoms with Gasteiger partial charge in [-0.1, -0.05) is 32.9 Å². The monoisotopic (exact) mass is 330 g/mol. The van der Waals surface area contributed by atoms with E-state index in [1.807, 2.05) is 17.0 Å². The SMILES string of the molecule is COc1cccc2c1N(C(=O)c1cnc(C(C)(C)C)s1)CCC2. The molecule has 122 valence electrons. The number of anilines is 1. The minimum atomic E-state index is -0.0410. The molecule has 0 saturated carbocycles.